The molecule has 2 aromatic carbocycles. The molecule has 1 unspecified atom stereocenters. The zero-order valence-corrected chi connectivity index (χ0v) is 17.0. The highest BCUT2D eigenvalue weighted by Gasteiger charge is 2.19. The lowest BCUT2D eigenvalue weighted by Crippen LogP contribution is -2.33. The van der Waals surface area contributed by atoms with Crippen molar-refractivity contribution in [1.29, 1.82) is 0 Å². The third-order valence-corrected chi connectivity index (χ3v) is 6.00. The Morgan fingerprint density at radius 2 is 1.89 bits per heavy atom. The van der Waals surface area contributed by atoms with Crippen LogP contribution in [0.15, 0.2) is 53.4 Å². The fourth-order valence-electron chi connectivity index (χ4n) is 2.51. The minimum absolute atomic E-state index is 0.00729. The predicted molar refractivity (Wildman–Crippen MR) is 105 cm³/mol. The molecule has 0 saturated heterocycles. The molecule has 8 heteroatoms. The van der Waals surface area contributed by atoms with Gasteiger partial charge in [-0.25, -0.2) is 13.1 Å². The van der Waals surface area contributed by atoms with Gasteiger partial charge in [0.1, 0.15) is 5.75 Å². The highest BCUT2D eigenvalue weighted by atomic mass is 35.5. The van der Waals surface area contributed by atoms with E-state index in [4.69, 9.17) is 16.3 Å². The van der Waals surface area contributed by atoms with Gasteiger partial charge in [0.05, 0.1) is 18.0 Å². The van der Waals surface area contributed by atoms with Gasteiger partial charge in [0.15, 0.2) is 0 Å². The molecule has 1 amide bonds. The average molecular weight is 411 g/mol. The predicted octanol–water partition coefficient (Wildman–Crippen LogP) is 3.24. The number of hydrogen-bond donors (Lipinski definition) is 1. The van der Waals surface area contributed by atoms with Crippen LogP contribution in [0.3, 0.4) is 0 Å². The van der Waals surface area contributed by atoms with Gasteiger partial charge < -0.3 is 9.64 Å². The van der Waals surface area contributed by atoms with E-state index in [-0.39, 0.29) is 29.8 Å². The molecule has 146 valence electrons. The molecule has 0 aliphatic heterocycles. The van der Waals surface area contributed by atoms with Crippen molar-refractivity contribution < 1.29 is 17.9 Å². The van der Waals surface area contributed by atoms with Crippen molar-refractivity contribution >= 4 is 27.5 Å². The number of carbonyl (C=O) groups is 1. The van der Waals surface area contributed by atoms with E-state index >= 15 is 0 Å². The number of nitrogens with one attached hydrogen (secondary N) is 1. The van der Waals surface area contributed by atoms with E-state index in [9.17, 15) is 13.2 Å². The Hall–Kier alpha value is -2.09. The fourth-order valence-corrected chi connectivity index (χ4v) is 3.84. The van der Waals surface area contributed by atoms with Crippen LogP contribution in [-0.4, -0.2) is 39.9 Å². The molecule has 0 aliphatic rings. The molecule has 1 atom stereocenters. The van der Waals surface area contributed by atoms with E-state index < -0.39 is 10.0 Å². The van der Waals surface area contributed by atoms with Gasteiger partial charge in [-0.15, -0.1) is 0 Å². The summed E-state index contributed by atoms with van der Waals surface area (Å²) in [5.74, 6) is 0.586. The summed E-state index contributed by atoms with van der Waals surface area (Å²) < 4.78 is 32.1. The van der Waals surface area contributed by atoms with Crippen LogP contribution < -0.4 is 9.46 Å². The van der Waals surface area contributed by atoms with Crippen molar-refractivity contribution in [3.8, 4) is 5.75 Å². The summed E-state index contributed by atoms with van der Waals surface area (Å²) >= 11 is 5.83. The van der Waals surface area contributed by atoms with Gasteiger partial charge in [-0.3, -0.25) is 4.79 Å². The van der Waals surface area contributed by atoms with E-state index in [1.807, 2.05) is 31.2 Å². The summed E-state index contributed by atoms with van der Waals surface area (Å²) in [6.07, 6.45) is 0.0524. The van der Waals surface area contributed by atoms with Gasteiger partial charge >= 0.3 is 0 Å². The molecule has 0 bridgehead atoms. The van der Waals surface area contributed by atoms with Crippen LogP contribution in [0.25, 0.3) is 0 Å². The maximum atomic E-state index is 12.4. The number of nitrogens with zero attached hydrogens (tertiary/aromatic N) is 1. The third kappa shape index (κ3) is 5.69. The summed E-state index contributed by atoms with van der Waals surface area (Å²) in [5.41, 5.74) is 0.964. The molecular weight excluding hydrogens is 388 g/mol. The Morgan fingerprint density at radius 1 is 1.22 bits per heavy atom. The normalized spacial score (nSPS) is 12.4. The molecule has 0 fully saturated rings. The SMILES string of the molecule is COc1ccc(C(C)N(C)C(=O)CCNS(=O)(=O)c2cccc(Cl)c2)cc1. The molecule has 2 rings (SSSR count). The van der Waals surface area contributed by atoms with E-state index in [1.54, 1.807) is 31.2 Å². The molecule has 0 radical (unpaired) electrons. The quantitative estimate of drug-likeness (QED) is 0.724. The van der Waals surface area contributed by atoms with Crippen LogP contribution in [0.5, 0.6) is 5.75 Å². The maximum Gasteiger partial charge on any atom is 0.240 e. The number of benzene rings is 2. The number of sulfonamides is 1. The maximum absolute atomic E-state index is 12.4. The molecule has 27 heavy (non-hydrogen) atoms. The highest BCUT2D eigenvalue weighted by molar-refractivity contribution is 7.89. The van der Waals surface area contributed by atoms with Gasteiger partial charge in [-0.05, 0) is 42.8 Å². The monoisotopic (exact) mass is 410 g/mol. The van der Waals surface area contributed by atoms with Crippen molar-refractivity contribution in [3.05, 3.63) is 59.1 Å². The van der Waals surface area contributed by atoms with Crippen LogP contribution in [0.4, 0.5) is 0 Å². The minimum atomic E-state index is -3.70. The topological polar surface area (TPSA) is 75.7 Å². The first-order valence-electron chi connectivity index (χ1n) is 8.39. The number of hydrogen-bond acceptors (Lipinski definition) is 4. The van der Waals surface area contributed by atoms with Gasteiger partial charge in [-0.2, -0.15) is 0 Å². The second-order valence-corrected chi connectivity index (χ2v) is 8.26. The van der Waals surface area contributed by atoms with Crippen molar-refractivity contribution in [1.82, 2.24) is 9.62 Å². The standard InChI is InChI=1S/C19H23ClN2O4S/c1-14(15-7-9-17(26-3)10-8-15)22(2)19(23)11-12-21-27(24,25)18-6-4-5-16(20)13-18/h4-10,13-14,21H,11-12H2,1-3H3. The van der Waals surface area contributed by atoms with Crippen molar-refractivity contribution in [3.63, 3.8) is 0 Å². The van der Waals surface area contributed by atoms with Gasteiger partial charge in [-0.1, -0.05) is 29.8 Å². The largest absolute Gasteiger partial charge is 0.497 e. The zero-order chi connectivity index (χ0) is 20.0. The Kier molecular flexibility index (Phi) is 7.24. The molecule has 0 spiro atoms. The lowest BCUT2D eigenvalue weighted by Gasteiger charge is -2.25. The van der Waals surface area contributed by atoms with E-state index in [0.29, 0.717) is 5.02 Å². The highest BCUT2D eigenvalue weighted by Crippen LogP contribution is 2.22. The lowest BCUT2D eigenvalue weighted by molar-refractivity contribution is -0.131. The molecule has 2 aromatic rings. The molecule has 1 N–H and O–H groups in total. The van der Waals surface area contributed by atoms with E-state index in [2.05, 4.69) is 4.72 Å². The molecule has 0 heterocycles. The zero-order valence-electron chi connectivity index (χ0n) is 15.5. The number of carbonyl (C=O) groups excluding carboxylic acids is 1. The Bertz CT molecular complexity index is 885. The first-order chi connectivity index (χ1) is 12.7. The first-order valence-corrected chi connectivity index (χ1v) is 10.3. The number of halogens is 1. The van der Waals surface area contributed by atoms with Crippen LogP contribution in [0.1, 0.15) is 24.9 Å². The Balaban J connectivity index is 1.92. The van der Waals surface area contributed by atoms with Crippen LogP contribution in [-0.2, 0) is 14.8 Å². The average Bonchev–Trinajstić information content (AvgIpc) is 2.66. The molecule has 0 aromatic heterocycles. The fraction of sp³-hybridized carbons (Fsp3) is 0.316. The summed E-state index contributed by atoms with van der Waals surface area (Å²) in [5, 5.41) is 0.335. The van der Waals surface area contributed by atoms with Crippen molar-refractivity contribution in [2.75, 3.05) is 20.7 Å². The summed E-state index contributed by atoms with van der Waals surface area (Å²) in [7, 11) is -0.410. The summed E-state index contributed by atoms with van der Waals surface area (Å²) in [6, 6.07) is 13.3. The van der Waals surface area contributed by atoms with Gasteiger partial charge in [0, 0.05) is 25.0 Å². The van der Waals surface area contributed by atoms with E-state index in [1.165, 1.54) is 12.1 Å². The van der Waals surface area contributed by atoms with Gasteiger partial charge in [0.25, 0.3) is 0 Å². The number of amides is 1. The molecule has 6 nitrogen and oxygen atoms in total. The Labute approximate surface area is 165 Å². The second-order valence-electron chi connectivity index (χ2n) is 6.06. The van der Waals surface area contributed by atoms with Crippen molar-refractivity contribution in [2.45, 2.75) is 24.3 Å². The number of methoxy groups -OCH3 is 1. The number of ether oxygens (including phenoxy) is 1. The Morgan fingerprint density at radius 3 is 2.48 bits per heavy atom. The van der Waals surface area contributed by atoms with Crippen LogP contribution in [0, 0.1) is 0 Å². The minimum Gasteiger partial charge on any atom is -0.497 e. The smallest absolute Gasteiger partial charge is 0.240 e. The van der Waals surface area contributed by atoms with Crippen molar-refractivity contribution in [2.24, 2.45) is 0 Å². The molecule has 0 saturated carbocycles. The summed E-state index contributed by atoms with van der Waals surface area (Å²) in [6.45, 7) is 1.92. The first kappa shape index (κ1) is 21.2. The van der Waals surface area contributed by atoms with Crippen LogP contribution >= 0.6 is 11.6 Å². The number of rotatable bonds is 8. The summed E-state index contributed by atoms with van der Waals surface area (Å²) in [4.78, 5) is 14.1. The second kappa shape index (κ2) is 9.21. The molecule has 0 aliphatic carbocycles. The van der Waals surface area contributed by atoms with E-state index in [0.717, 1.165) is 11.3 Å². The van der Waals surface area contributed by atoms with Crippen LogP contribution in [0.2, 0.25) is 5.02 Å². The van der Waals surface area contributed by atoms with Gasteiger partial charge in [0.2, 0.25) is 15.9 Å². The lowest BCUT2D eigenvalue weighted by atomic mass is 10.1. The molecular formula is C19H23ClN2O4S. The third-order valence-electron chi connectivity index (χ3n) is 4.31.